The number of aliphatic hydroxyl groups is 2. The molecule has 0 bridgehead atoms. The molecule has 118 valence electrons. The van der Waals surface area contributed by atoms with Crippen LogP contribution in [0, 0.1) is 5.92 Å². The molecule has 1 aliphatic carbocycles. The molecule has 3 atom stereocenters. The number of para-hydroxylation sites is 1. The molecule has 0 aliphatic heterocycles. The Labute approximate surface area is 129 Å². The number of nitrogens with zero attached hydrogens (tertiary/aromatic N) is 1. The Morgan fingerprint density at radius 2 is 2.14 bits per heavy atom. The van der Waals surface area contributed by atoms with E-state index < -0.39 is 6.10 Å². The molecule has 1 amide bonds. The van der Waals surface area contributed by atoms with Crippen molar-refractivity contribution in [1.29, 1.82) is 0 Å². The summed E-state index contributed by atoms with van der Waals surface area (Å²) in [7, 11) is 1.98. The summed E-state index contributed by atoms with van der Waals surface area (Å²) < 4.78 is 2.03. The number of aromatic nitrogens is 1. The summed E-state index contributed by atoms with van der Waals surface area (Å²) in [6.07, 6.45) is 2.96. The van der Waals surface area contributed by atoms with Crippen molar-refractivity contribution in [3.8, 4) is 0 Å². The zero-order chi connectivity index (χ0) is 15.7. The highest BCUT2D eigenvalue weighted by molar-refractivity contribution is 5.89. The summed E-state index contributed by atoms with van der Waals surface area (Å²) in [6, 6.07) is 7.98. The summed E-state index contributed by atoms with van der Waals surface area (Å²) in [5.74, 6) is -0.157. The molecule has 5 nitrogen and oxygen atoms in total. The molecule has 0 saturated heterocycles. The van der Waals surface area contributed by atoms with Crippen LogP contribution in [0.15, 0.2) is 30.5 Å². The predicted octanol–water partition coefficient (Wildman–Crippen LogP) is 0.969. The average molecular weight is 302 g/mol. The Balaban J connectivity index is 1.67. The zero-order valence-corrected chi connectivity index (χ0v) is 12.7. The minimum Gasteiger partial charge on any atom is -0.396 e. The van der Waals surface area contributed by atoms with Crippen molar-refractivity contribution in [3.05, 3.63) is 36.0 Å². The SMILES string of the molecule is Cn1cc(CC(=O)N[C@H]2C[C@@H](CO)[C@@H](O)C2)c2ccccc21. The molecule has 3 rings (SSSR count). The van der Waals surface area contributed by atoms with E-state index in [4.69, 9.17) is 5.11 Å². The Kier molecular flexibility index (Phi) is 4.18. The Bertz CT molecular complexity index is 680. The molecule has 0 spiro atoms. The van der Waals surface area contributed by atoms with Gasteiger partial charge in [-0.15, -0.1) is 0 Å². The molecule has 1 fully saturated rings. The van der Waals surface area contributed by atoms with E-state index in [9.17, 15) is 9.90 Å². The maximum absolute atomic E-state index is 12.3. The van der Waals surface area contributed by atoms with Gasteiger partial charge in [0.25, 0.3) is 0 Å². The van der Waals surface area contributed by atoms with E-state index in [1.165, 1.54) is 0 Å². The molecule has 3 N–H and O–H groups in total. The largest absolute Gasteiger partial charge is 0.396 e. The first kappa shape index (κ1) is 15.1. The first-order valence-corrected chi connectivity index (χ1v) is 7.69. The summed E-state index contributed by atoms with van der Waals surface area (Å²) >= 11 is 0. The number of carbonyl (C=O) groups excluding carboxylic acids is 1. The number of nitrogens with one attached hydrogen (secondary N) is 1. The van der Waals surface area contributed by atoms with Gasteiger partial charge in [0.2, 0.25) is 5.91 Å². The first-order valence-electron chi connectivity index (χ1n) is 7.69. The maximum atomic E-state index is 12.3. The lowest BCUT2D eigenvalue weighted by Gasteiger charge is -2.12. The second-order valence-electron chi connectivity index (χ2n) is 6.21. The fourth-order valence-electron chi connectivity index (χ4n) is 3.43. The number of carbonyl (C=O) groups is 1. The lowest BCUT2D eigenvalue weighted by atomic mass is 10.1. The van der Waals surface area contributed by atoms with Gasteiger partial charge >= 0.3 is 0 Å². The van der Waals surface area contributed by atoms with Crippen LogP contribution in [0.2, 0.25) is 0 Å². The zero-order valence-electron chi connectivity index (χ0n) is 12.7. The van der Waals surface area contributed by atoms with Gasteiger partial charge in [-0.2, -0.15) is 0 Å². The van der Waals surface area contributed by atoms with Gasteiger partial charge in [-0.3, -0.25) is 4.79 Å². The smallest absolute Gasteiger partial charge is 0.224 e. The molecule has 2 aromatic rings. The monoisotopic (exact) mass is 302 g/mol. The van der Waals surface area contributed by atoms with E-state index in [1.807, 2.05) is 42.1 Å². The predicted molar refractivity (Wildman–Crippen MR) is 84.4 cm³/mol. The van der Waals surface area contributed by atoms with Crippen molar-refractivity contribution in [3.63, 3.8) is 0 Å². The van der Waals surface area contributed by atoms with Crippen molar-refractivity contribution < 1.29 is 15.0 Å². The maximum Gasteiger partial charge on any atom is 0.224 e. The quantitative estimate of drug-likeness (QED) is 0.788. The highest BCUT2D eigenvalue weighted by atomic mass is 16.3. The molecule has 22 heavy (non-hydrogen) atoms. The van der Waals surface area contributed by atoms with Gasteiger partial charge in [-0.1, -0.05) is 18.2 Å². The molecule has 1 saturated carbocycles. The van der Waals surface area contributed by atoms with Gasteiger partial charge in [0.1, 0.15) is 0 Å². The van der Waals surface area contributed by atoms with Crippen molar-refractivity contribution in [2.75, 3.05) is 6.61 Å². The van der Waals surface area contributed by atoms with Crippen molar-refractivity contribution in [1.82, 2.24) is 9.88 Å². The normalized spacial score (nSPS) is 24.8. The van der Waals surface area contributed by atoms with E-state index in [1.54, 1.807) is 0 Å². The van der Waals surface area contributed by atoms with Crippen molar-refractivity contribution >= 4 is 16.8 Å². The molecular formula is C17H22N2O3. The van der Waals surface area contributed by atoms with Crippen LogP contribution in [-0.2, 0) is 18.3 Å². The Morgan fingerprint density at radius 3 is 2.86 bits per heavy atom. The number of fused-ring (bicyclic) bond motifs is 1. The van der Waals surface area contributed by atoms with Gasteiger partial charge in [-0.05, 0) is 24.5 Å². The third-order valence-electron chi connectivity index (χ3n) is 4.59. The van der Waals surface area contributed by atoms with Gasteiger partial charge in [-0.25, -0.2) is 0 Å². The topological polar surface area (TPSA) is 74.5 Å². The van der Waals surface area contributed by atoms with Gasteiger partial charge in [0, 0.05) is 42.7 Å². The molecule has 0 unspecified atom stereocenters. The summed E-state index contributed by atoms with van der Waals surface area (Å²) in [5, 5.41) is 23.0. The second kappa shape index (κ2) is 6.10. The molecule has 0 radical (unpaired) electrons. The molecular weight excluding hydrogens is 280 g/mol. The number of hydrogen-bond acceptors (Lipinski definition) is 3. The fourth-order valence-corrected chi connectivity index (χ4v) is 3.43. The van der Waals surface area contributed by atoms with E-state index in [2.05, 4.69) is 5.32 Å². The van der Waals surface area contributed by atoms with Crippen LogP contribution in [0.4, 0.5) is 0 Å². The minimum absolute atomic E-state index is 0.0309. The summed E-state index contributed by atoms with van der Waals surface area (Å²) in [4.78, 5) is 12.3. The number of rotatable bonds is 4. The van der Waals surface area contributed by atoms with Crippen LogP contribution in [0.5, 0.6) is 0 Å². The van der Waals surface area contributed by atoms with E-state index in [0.717, 1.165) is 16.5 Å². The summed E-state index contributed by atoms with van der Waals surface area (Å²) in [5.41, 5.74) is 2.12. The lowest BCUT2D eigenvalue weighted by Crippen LogP contribution is -2.34. The van der Waals surface area contributed by atoms with Crippen LogP contribution < -0.4 is 5.32 Å². The van der Waals surface area contributed by atoms with Gasteiger partial charge < -0.3 is 20.1 Å². The van der Waals surface area contributed by atoms with Crippen LogP contribution in [0.1, 0.15) is 18.4 Å². The number of aryl methyl sites for hydroxylation is 1. The van der Waals surface area contributed by atoms with Crippen LogP contribution in [-0.4, -0.2) is 39.4 Å². The van der Waals surface area contributed by atoms with Crippen molar-refractivity contribution in [2.24, 2.45) is 13.0 Å². The fraction of sp³-hybridized carbons (Fsp3) is 0.471. The number of benzene rings is 1. The molecule has 1 aliphatic rings. The first-order chi connectivity index (χ1) is 10.6. The number of amides is 1. The molecule has 1 heterocycles. The number of aliphatic hydroxyl groups excluding tert-OH is 2. The van der Waals surface area contributed by atoms with E-state index in [0.29, 0.717) is 19.3 Å². The van der Waals surface area contributed by atoms with Gasteiger partial charge in [0.05, 0.1) is 12.5 Å². The van der Waals surface area contributed by atoms with Crippen LogP contribution in [0.25, 0.3) is 10.9 Å². The Morgan fingerprint density at radius 1 is 1.36 bits per heavy atom. The second-order valence-corrected chi connectivity index (χ2v) is 6.21. The van der Waals surface area contributed by atoms with Crippen molar-refractivity contribution in [2.45, 2.75) is 31.4 Å². The Hall–Kier alpha value is -1.85. The third kappa shape index (κ3) is 2.87. The lowest BCUT2D eigenvalue weighted by molar-refractivity contribution is -0.121. The molecule has 1 aromatic carbocycles. The van der Waals surface area contributed by atoms with Gasteiger partial charge in [0.15, 0.2) is 0 Å². The molecule has 1 aromatic heterocycles. The number of hydrogen-bond donors (Lipinski definition) is 3. The minimum atomic E-state index is -0.521. The van der Waals surface area contributed by atoms with Crippen LogP contribution >= 0.6 is 0 Å². The standard InChI is InChI=1S/C17H22N2O3/c1-19-9-11(14-4-2-3-5-15(14)19)7-17(22)18-13-6-12(10-20)16(21)8-13/h2-5,9,12-13,16,20-21H,6-8,10H2,1H3,(H,18,22)/t12-,13-,16-/m0/s1. The van der Waals surface area contributed by atoms with E-state index >= 15 is 0 Å². The van der Waals surface area contributed by atoms with E-state index in [-0.39, 0.29) is 24.5 Å². The van der Waals surface area contributed by atoms with Crippen LogP contribution in [0.3, 0.4) is 0 Å². The highest BCUT2D eigenvalue weighted by Crippen LogP contribution is 2.26. The molecule has 5 heteroatoms. The summed E-state index contributed by atoms with van der Waals surface area (Å²) in [6.45, 7) is -0.0309. The highest BCUT2D eigenvalue weighted by Gasteiger charge is 2.33. The average Bonchev–Trinajstić information content (AvgIpc) is 3.00. The third-order valence-corrected chi connectivity index (χ3v) is 4.59.